The molecule has 29 heavy (non-hydrogen) atoms. The number of benzene rings is 1. The predicted molar refractivity (Wildman–Crippen MR) is 107 cm³/mol. The molecule has 0 radical (unpaired) electrons. The van der Waals surface area contributed by atoms with Crippen molar-refractivity contribution < 1.29 is 23.0 Å². The van der Waals surface area contributed by atoms with E-state index < -0.39 is 23.6 Å². The summed E-state index contributed by atoms with van der Waals surface area (Å²) in [6.45, 7) is 6.47. The van der Waals surface area contributed by atoms with E-state index in [1.165, 1.54) is 0 Å². The van der Waals surface area contributed by atoms with Crippen molar-refractivity contribution in [1.82, 2.24) is 14.9 Å². The largest absolute Gasteiger partial charge is 0.489 e. The van der Waals surface area contributed by atoms with Crippen LogP contribution in [0.25, 0.3) is 10.9 Å². The van der Waals surface area contributed by atoms with Gasteiger partial charge in [-0.1, -0.05) is 11.6 Å². The van der Waals surface area contributed by atoms with Crippen LogP contribution >= 0.6 is 27.5 Å². The van der Waals surface area contributed by atoms with E-state index in [1.807, 2.05) is 0 Å². The van der Waals surface area contributed by atoms with Gasteiger partial charge in [-0.3, -0.25) is 0 Å². The topological polar surface area (TPSA) is 67.8 Å². The molecule has 1 aromatic carbocycles. The first-order chi connectivity index (χ1) is 13.6. The van der Waals surface area contributed by atoms with Gasteiger partial charge in [0.25, 0.3) is 0 Å². The van der Waals surface area contributed by atoms with E-state index in [1.54, 1.807) is 30.6 Å². The number of carbonyl (C=O) groups excluding carboxylic acids is 1. The molecule has 0 bridgehead atoms. The van der Waals surface area contributed by atoms with E-state index in [0.717, 1.165) is 0 Å². The maximum Gasteiger partial charge on any atom is 0.410 e. The standard InChI is InChI=1S/C18H18BrClF2N4O3/c1-18(2,3)29-17(27)25-4-5-26-8(6-25)7-28-14-9-13(12(21)10(19)11(14)20)23-16(22)24-15(9)26/h8H,4-7H2,1-3H3/t8-/m1/s1. The Morgan fingerprint density at radius 1 is 1.31 bits per heavy atom. The Kier molecular flexibility index (Phi) is 4.97. The van der Waals surface area contributed by atoms with Crippen molar-refractivity contribution in [2.75, 3.05) is 31.1 Å². The molecule has 1 fully saturated rings. The Bertz CT molecular complexity index is 1020. The molecule has 1 amide bonds. The van der Waals surface area contributed by atoms with Crippen molar-refractivity contribution in [1.29, 1.82) is 0 Å². The van der Waals surface area contributed by atoms with E-state index in [0.29, 0.717) is 13.1 Å². The molecule has 1 saturated heterocycles. The number of hydrogen-bond acceptors (Lipinski definition) is 6. The third-order valence-electron chi connectivity index (χ3n) is 4.71. The number of hydrogen-bond donors (Lipinski definition) is 0. The average Bonchev–Trinajstić information content (AvgIpc) is 2.80. The number of ether oxygens (including phenoxy) is 2. The molecular weight excluding hydrogens is 474 g/mol. The van der Waals surface area contributed by atoms with Crippen LogP contribution in [0.2, 0.25) is 5.02 Å². The highest BCUT2D eigenvalue weighted by Crippen LogP contribution is 2.46. The fourth-order valence-corrected chi connectivity index (χ4v) is 4.09. The lowest BCUT2D eigenvalue weighted by Crippen LogP contribution is -2.57. The maximum absolute atomic E-state index is 14.7. The van der Waals surface area contributed by atoms with E-state index in [-0.39, 0.29) is 51.2 Å². The van der Waals surface area contributed by atoms with Crippen LogP contribution in [0.5, 0.6) is 5.75 Å². The Morgan fingerprint density at radius 2 is 2.03 bits per heavy atom. The third-order valence-corrected chi connectivity index (χ3v) is 6.04. The number of fused-ring (bicyclic) bond motifs is 2. The molecular formula is C18H18BrClF2N4O3. The smallest absolute Gasteiger partial charge is 0.410 e. The van der Waals surface area contributed by atoms with Crippen molar-refractivity contribution in [2.24, 2.45) is 0 Å². The molecule has 2 aliphatic rings. The summed E-state index contributed by atoms with van der Waals surface area (Å²) < 4.78 is 40.1. The lowest BCUT2D eigenvalue weighted by atomic mass is 10.1. The molecule has 1 aromatic heterocycles. The number of rotatable bonds is 0. The third kappa shape index (κ3) is 3.56. The number of amides is 1. The number of nitrogens with zero attached hydrogens (tertiary/aromatic N) is 4. The van der Waals surface area contributed by atoms with Crippen LogP contribution in [0.3, 0.4) is 0 Å². The summed E-state index contributed by atoms with van der Waals surface area (Å²) in [5.74, 6) is -0.406. The number of aromatic nitrogens is 2. The van der Waals surface area contributed by atoms with Gasteiger partial charge < -0.3 is 19.3 Å². The highest BCUT2D eigenvalue weighted by molar-refractivity contribution is 9.10. The first kappa shape index (κ1) is 20.3. The molecule has 3 heterocycles. The summed E-state index contributed by atoms with van der Waals surface area (Å²) in [6, 6.07) is -0.348. The summed E-state index contributed by atoms with van der Waals surface area (Å²) in [4.78, 5) is 23.4. The Labute approximate surface area is 179 Å². The van der Waals surface area contributed by atoms with Crippen LogP contribution in [-0.2, 0) is 4.74 Å². The number of piperazine rings is 1. The average molecular weight is 492 g/mol. The predicted octanol–water partition coefficient (Wildman–Crippen LogP) is 4.14. The summed E-state index contributed by atoms with van der Waals surface area (Å²) in [6.07, 6.45) is -1.49. The van der Waals surface area contributed by atoms with Crippen LogP contribution in [0.15, 0.2) is 4.47 Å². The molecule has 1 atom stereocenters. The van der Waals surface area contributed by atoms with E-state index in [2.05, 4.69) is 25.9 Å². The van der Waals surface area contributed by atoms with Gasteiger partial charge in [0.15, 0.2) is 11.6 Å². The zero-order valence-corrected chi connectivity index (χ0v) is 18.3. The van der Waals surface area contributed by atoms with Crippen LogP contribution in [0, 0.1) is 11.9 Å². The lowest BCUT2D eigenvalue weighted by molar-refractivity contribution is 0.0202. The van der Waals surface area contributed by atoms with Gasteiger partial charge in [-0.15, -0.1) is 0 Å². The van der Waals surface area contributed by atoms with Gasteiger partial charge in [-0.05, 0) is 36.7 Å². The molecule has 7 nitrogen and oxygen atoms in total. The second kappa shape index (κ2) is 7.09. The number of halogens is 4. The second-order valence-corrected chi connectivity index (χ2v) is 9.07. The highest BCUT2D eigenvalue weighted by Gasteiger charge is 2.38. The Hall–Kier alpha value is -1.94. The minimum atomic E-state index is -1.05. The normalized spacial score (nSPS) is 18.9. The minimum absolute atomic E-state index is 0.0234. The maximum atomic E-state index is 14.7. The fourth-order valence-electron chi connectivity index (χ4n) is 3.49. The van der Waals surface area contributed by atoms with Crippen LogP contribution in [0.1, 0.15) is 20.8 Å². The van der Waals surface area contributed by atoms with Crippen molar-refractivity contribution in [3.63, 3.8) is 0 Å². The highest BCUT2D eigenvalue weighted by atomic mass is 79.9. The van der Waals surface area contributed by atoms with Gasteiger partial charge in [-0.25, -0.2) is 9.18 Å². The minimum Gasteiger partial charge on any atom is -0.489 e. The molecule has 4 rings (SSSR count). The zero-order chi connectivity index (χ0) is 21.1. The Morgan fingerprint density at radius 3 is 2.72 bits per heavy atom. The summed E-state index contributed by atoms with van der Waals surface area (Å²) in [5, 5.41) is 0.237. The van der Waals surface area contributed by atoms with E-state index in [4.69, 9.17) is 21.1 Å². The summed E-state index contributed by atoms with van der Waals surface area (Å²) in [7, 11) is 0. The summed E-state index contributed by atoms with van der Waals surface area (Å²) in [5.41, 5.74) is -0.835. The molecule has 0 unspecified atom stereocenters. The van der Waals surface area contributed by atoms with Gasteiger partial charge in [0.05, 0.1) is 15.9 Å². The first-order valence-corrected chi connectivity index (χ1v) is 10.1. The van der Waals surface area contributed by atoms with Crippen molar-refractivity contribution in [3.8, 4) is 5.75 Å². The molecule has 156 valence electrons. The van der Waals surface area contributed by atoms with Crippen molar-refractivity contribution in [2.45, 2.75) is 32.4 Å². The van der Waals surface area contributed by atoms with Crippen molar-refractivity contribution >= 4 is 50.3 Å². The molecule has 2 aliphatic heterocycles. The van der Waals surface area contributed by atoms with E-state index >= 15 is 0 Å². The number of anilines is 1. The van der Waals surface area contributed by atoms with Gasteiger partial charge in [0.1, 0.15) is 28.6 Å². The van der Waals surface area contributed by atoms with Crippen molar-refractivity contribution in [3.05, 3.63) is 21.4 Å². The number of carbonyl (C=O) groups is 1. The van der Waals surface area contributed by atoms with Gasteiger partial charge >= 0.3 is 12.2 Å². The fraction of sp³-hybridized carbons (Fsp3) is 0.500. The molecule has 11 heteroatoms. The Balaban J connectivity index is 1.75. The molecule has 0 aliphatic carbocycles. The van der Waals surface area contributed by atoms with E-state index in [9.17, 15) is 13.6 Å². The second-order valence-electron chi connectivity index (χ2n) is 7.90. The zero-order valence-electron chi connectivity index (χ0n) is 15.9. The monoisotopic (exact) mass is 490 g/mol. The van der Waals surface area contributed by atoms with Gasteiger partial charge in [0, 0.05) is 19.6 Å². The summed E-state index contributed by atoms with van der Waals surface area (Å²) >= 11 is 9.35. The quantitative estimate of drug-likeness (QED) is 0.408. The molecule has 2 aromatic rings. The SMILES string of the molecule is CC(C)(C)OC(=O)N1CCN2c3nc(F)nc4c(F)c(Br)c(Cl)c(c34)OC[C@H]2C1. The van der Waals surface area contributed by atoms with Crippen LogP contribution in [-0.4, -0.2) is 58.8 Å². The van der Waals surface area contributed by atoms with Crippen LogP contribution in [0.4, 0.5) is 19.4 Å². The van der Waals surface area contributed by atoms with Gasteiger partial charge in [-0.2, -0.15) is 14.4 Å². The molecule has 0 spiro atoms. The molecule has 0 N–H and O–H groups in total. The molecule has 0 saturated carbocycles. The van der Waals surface area contributed by atoms with Gasteiger partial charge in [0.2, 0.25) is 0 Å². The van der Waals surface area contributed by atoms with Crippen LogP contribution < -0.4 is 9.64 Å². The lowest BCUT2D eigenvalue weighted by Gasteiger charge is -2.41. The first-order valence-electron chi connectivity index (χ1n) is 8.98.